The number of ether oxygens (including phenoxy) is 2. The van der Waals surface area contributed by atoms with Gasteiger partial charge in [0, 0.05) is 18.7 Å². The van der Waals surface area contributed by atoms with Crippen LogP contribution in [0.1, 0.15) is 11.1 Å². The summed E-state index contributed by atoms with van der Waals surface area (Å²) < 4.78 is 10.5. The van der Waals surface area contributed by atoms with E-state index in [0.717, 1.165) is 16.9 Å². The quantitative estimate of drug-likeness (QED) is 0.647. The summed E-state index contributed by atoms with van der Waals surface area (Å²) in [6.45, 7) is 2.38. The number of aryl methyl sites for hydroxylation is 1. The molecule has 0 aliphatic heterocycles. The van der Waals surface area contributed by atoms with Gasteiger partial charge in [-0.25, -0.2) is 4.98 Å². The molecule has 0 saturated carbocycles. The second-order valence-corrected chi connectivity index (χ2v) is 4.38. The molecule has 104 valence electrons. The third-order valence-corrected chi connectivity index (χ3v) is 2.68. The zero-order chi connectivity index (χ0) is 14.4. The molecule has 3 N–H and O–H groups in total. The number of amidine groups is 1. The van der Waals surface area contributed by atoms with E-state index in [1.54, 1.807) is 6.20 Å². The number of nitrogens with one attached hydrogen (secondary N) is 1. The van der Waals surface area contributed by atoms with Gasteiger partial charge in [0.1, 0.15) is 5.75 Å². The summed E-state index contributed by atoms with van der Waals surface area (Å²) in [6, 6.07) is 11.2. The molecule has 0 atom stereocenters. The number of hydrogen-bond donors (Lipinski definition) is 2. The normalized spacial score (nSPS) is 10.1. The van der Waals surface area contributed by atoms with Crippen LogP contribution >= 0.6 is 0 Å². The fraction of sp³-hybridized carbons (Fsp3) is 0.200. The maximum Gasteiger partial charge on any atom is 0.279 e. The Hall–Kier alpha value is -2.56. The van der Waals surface area contributed by atoms with Gasteiger partial charge in [0.15, 0.2) is 0 Å². The zero-order valence-corrected chi connectivity index (χ0v) is 11.3. The monoisotopic (exact) mass is 271 g/mol. The second kappa shape index (κ2) is 6.56. The highest BCUT2D eigenvalue weighted by Crippen LogP contribution is 2.19. The standard InChI is InChI=1S/C15H17N3O2/c1-11-2-7-14(18-10-11)20-13-5-3-12(4-6-13)8-9-19-15(16)17/h2-7,10H,8-9H2,1H3,(H3,16,17). The Balaban J connectivity index is 1.91. The molecule has 0 aliphatic carbocycles. The van der Waals surface area contributed by atoms with Gasteiger partial charge >= 0.3 is 0 Å². The molecule has 1 aromatic carbocycles. The average molecular weight is 271 g/mol. The molecule has 5 heteroatoms. The fourth-order valence-corrected chi connectivity index (χ4v) is 1.64. The maximum absolute atomic E-state index is 6.96. The summed E-state index contributed by atoms with van der Waals surface area (Å²) in [5.41, 5.74) is 7.30. The number of rotatable bonds is 5. The van der Waals surface area contributed by atoms with Crippen LogP contribution in [0.2, 0.25) is 0 Å². The third-order valence-electron chi connectivity index (χ3n) is 2.68. The maximum atomic E-state index is 6.96. The number of nitrogens with two attached hydrogens (primary N) is 1. The van der Waals surface area contributed by atoms with Gasteiger partial charge < -0.3 is 15.2 Å². The Morgan fingerprint density at radius 3 is 2.55 bits per heavy atom. The molecule has 0 unspecified atom stereocenters. The first-order valence-corrected chi connectivity index (χ1v) is 6.30. The van der Waals surface area contributed by atoms with E-state index in [-0.39, 0.29) is 6.02 Å². The van der Waals surface area contributed by atoms with Crippen molar-refractivity contribution in [1.82, 2.24) is 4.98 Å². The van der Waals surface area contributed by atoms with Crippen molar-refractivity contribution in [2.75, 3.05) is 6.61 Å². The first-order chi connectivity index (χ1) is 9.63. The van der Waals surface area contributed by atoms with Gasteiger partial charge in [-0.15, -0.1) is 0 Å². The van der Waals surface area contributed by atoms with Crippen LogP contribution in [0.3, 0.4) is 0 Å². The highest BCUT2D eigenvalue weighted by atomic mass is 16.5. The molecule has 20 heavy (non-hydrogen) atoms. The number of pyridine rings is 1. The first kappa shape index (κ1) is 13.9. The van der Waals surface area contributed by atoms with Crippen molar-refractivity contribution in [3.05, 3.63) is 53.7 Å². The van der Waals surface area contributed by atoms with E-state index in [9.17, 15) is 0 Å². The SMILES string of the molecule is Cc1ccc(Oc2ccc(CCOC(=N)N)cc2)nc1. The molecule has 0 amide bonds. The Morgan fingerprint density at radius 1 is 1.20 bits per heavy atom. The van der Waals surface area contributed by atoms with Crippen LogP contribution in [-0.2, 0) is 11.2 Å². The van der Waals surface area contributed by atoms with Crippen molar-refractivity contribution < 1.29 is 9.47 Å². The lowest BCUT2D eigenvalue weighted by Gasteiger charge is -2.07. The molecule has 0 bridgehead atoms. The molecule has 5 nitrogen and oxygen atoms in total. The Labute approximate surface area is 117 Å². The molecule has 0 saturated heterocycles. The predicted molar refractivity (Wildman–Crippen MR) is 77.1 cm³/mol. The third kappa shape index (κ3) is 4.28. The minimum atomic E-state index is -0.254. The van der Waals surface area contributed by atoms with Crippen molar-refractivity contribution >= 4 is 6.02 Å². The fourth-order valence-electron chi connectivity index (χ4n) is 1.64. The van der Waals surface area contributed by atoms with Crippen LogP contribution in [0.25, 0.3) is 0 Å². The minimum Gasteiger partial charge on any atom is -0.465 e. The van der Waals surface area contributed by atoms with Gasteiger partial charge in [0.05, 0.1) is 6.61 Å². The smallest absolute Gasteiger partial charge is 0.279 e. The second-order valence-electron chi connectivity index (χ2n) is 4.38. The van der Waals surface area contributed by atoms with E-state index in [1.807, 2.05) is 43.3 Å². The largest absolute Gasteiger partial charge is 0.465 e. The lowest BCUT2D eigenvalue weighted by molar-refractivity contribution is 0.301. The van der Waals surface area contributed by atoms with Gasteiger partial charge in [0.2, 0.25) is 5.88 Å². The summed E-state index contributed by atoms with van der Waals surface area (Å²) in [7, 11) is 0. The molecule has 0 spiro atoms. The van der Waals surface area contributed by atoms with E-state index < -0.39 is 0 Å². The Kier molecular flexibility index (Phi) is 4.55. The summed E-state index contributed by atoms with van der Waals surface area (Å²) in [4.78, 5) is 4.19. The number of benzene rings is 1. The summed E-state index contributed by atoms with van der Waals surface area (Å²) in [5, 5.41) is 6.96. The minimum absolute atomic E-state index is 0.254. The average Bonchev–Trinajstić information content (AvgIpc) is 2.43. The van der Waals surface area contributed by atoms with Crippen LogP contribution in [0.4, 0.5) is 0 Å². The highest BCUT2D eigenvalue weighted by molar-refractivity contribution is 5.67. The Morgan fingerprint density at radius 2 is 1.95 bits per heavy atom. The van der Waals surface area contributed by atoms with Crippen LogP contribution in [-0.4, -0.2) is 17.6 Å². The van der Waals surface area contributed by atoms with E-state index in [1.165, 1.54) is 0 Å². The van der Waals surface area contributed by atoms with Gasteiger partial charge in [0.25, 0.3) is 6.02 Å². The highest BCUT2D eigenvalue weighted by Gasteiger charge is 2.00. The number of nitrogens with zero attached hydrogens (tertiary/aromatic N) is 1. The molecule has 2 aromatic rings. The molecule has 0 aliphatic rings. The molecule has 0 radical (unpaired) electrons. The number of aromatic nitrogens is 1. The van der Waals surface area contributed by atoms with Crippen molar-refractivity contribution in [3.8, 4) is 11.6 Å². The van der Waals surface area contributed by atoms with Gasteiger partial charge in [-0.2, -0.15) is 0 Å². The van der Waals surface area contributed by atoms with E-state index in [4.69, 9.17) is 20.6 Å². The van der Waals surface area contributed by atoms with E-state index >= 15 is 0 Å². The summed E-state index contributed by atoms with van der Waals surface area (Å²) >= 11 is 0. The summed E-state index contributed by atoms with van der Waals surface area (Å²) in [6.07, 6.45) is 2.46. The molecule has 0 fully saturated rings. The number of hydrogen-bond acceptors (Lipinski definition) is 4. The lowest BCUT2D eigenvalue weighted by Crippen LogP contribution is -2.15. The first-order valence-electron chi connectivity index (χ1n) is 6.30. The summed E-state index contributed by atoms with van der Waals surface area (Å²) in [5.74, 6) is 1.31. The van der Waals surface area contributed by atoms with Crippen LogP contribution in [0, 0.1) is 12.3 Å². The Bertz CT molecular complexity index is 565. The van der Waals surface area contributed by atoms with Gasteiger partial charge in [-0.05, 0) is 30.2 Å². The van der Waals surface area contributed by atoms with Gasteiger partial charge in [-0.1, -0.05) is 18.2 Å². The van der Waals surface area contributed by atoms with Crippen molar-refractivity contribution in [3.63, 3.8) is 0 Å². The van der Waals surface area contributed by atoms with Crippen LogP contribution in [0.15, 0.2) is 42.6 Å². The predicted octanol–water partition coefficient (Wildman–Crippen LogP) is 2.63. The lowest BCUT2D eigenvalue weighted by atomic mass is 10.1. The zero-order valence-electron chi connectivity index (χ0n) is 11.3. The van der Waals surface area contributed by atoms with E-state index in [2.05, 4.69) is 4.98 Å². The molecule has 1 heterocycles. The molecule has 1 aromatic heterocycles. The van der Waals surface area contributed by atoms with Crippen LogP contribution < -0.4 is 10.5 Å². The topological polar surface area (TPSA) is 81.2 Å². The van der Waals surface area contributed by atoms with Crippen molar-refractivity contribution in [2.24, 2.45) is 5.73 Å². The van der Waals surface area contributed by atoms with Gasteiger partial charge in [-0.3, -0.25) is 5.41 Å². The molecular weight excluding hydrogens is 254 g/mol. The van der Waals surface area contributed by atoms with Crippen molar-refractivity contribution in [1.29, 1.82) is 5.41 Å². The van der Waals surface area contributed by atoms with E-state index in [0.29, 0.717) is 18.9 Å². The molecular formula is C15H17N3O2. The van der Waals surface area contributed by atoms with Crippen molar-refractivity contribution in [2.45, 2.75) is 13.3 Å². The van der Waals surface area contributed by atoms with Crippen LogP contribution in [0.5, 0.6) is 11.6 Å². The molecule has 2 rings (SSSR count).